The fourth-order valence-corrected chi connectivity index (χ4v) is 1.20. The third-order valence-corrected chi connectivity index (χ3v) is 1.54. The van der Waals surface area contributed by atoms with Gasteiger partial charge in [0, 0.05) is 6.54 Å². The highest BCUT2D eigenvalue weighted by atomic mass is 14.9. The van der Waals surface area contributed by atoms with Gasteiger partial charge in [0.1, 0.15) is 0 Å². The summed E-state index contributed by atoms with van der Waals surface area (Å²) in [6.45, 7) is 6.76. The Labute approximate surface area is 57.1 Å². The van der Waals surface area contributed by atoms with Crippen LogP contribution in [0.4, 0.5) is 0 Å². The van der Waals surface area contributed by atoms with Gasteiger partial charge in [-0.1, -0.05) is 25.5 Å². The summed E-state index contributed by atoms with van der Waals surface area (Å²) < 4.78 is 0. The Morgan fingerprint density at radius 3 is 2.78 bits per heavy atom. The van der Waals surface area contributed by atoms with Gasteiger partial charge in [0.2, 0.25) is 0 Å². The van der Waals surface area contributed by atoms with Crippen LogP contribution >= 0.6 is 0 Å². The molecule has 1 N–H and O–H groups in total. The molecule has 1 saturated heterocycles. The van der Waals surface area contributed by atoms with Crippen LogP contribution < -0.4 is 5.32 Å². The molecule has 1 heteroatoms. The van der Waals surface area contributed by atoms with E-state index in [9.17, 15) is 0 Å². The van der Waals surface area contributed by atoms with Gasteiger partial charge in [0.25, 0.3) is 0 Å². The molecule has 0 aromatic rings. The van der Waals surface area contributed by atoms with Crippen LogP contribution in [-0.4, -0.2) is 13.1 Å². The fourth-order valence-electron chi connectivity index (χ4n) is 1.20. The molecule has 1 aliphatic rings. The molecule has 0 saturated carbocycles. The lowest BCUT2D eigenvalue weighted by Gasteiger charge is -1.96. The van der Waals surface area contributed by atoms with E-state index in [1.165, 1.54) is 13.0 Å². The summed E-state index contributed by atoms with van der Waals surface area (Å²) in [5.41, 5.74) is 1.59. The van der Waals surface area contributed by atoms with Gasteiger partial charge < -0.3 is 5.32 Å². The number of rotatable bonds is 1. The van der Waals surface area contributed by atoms with Crippen LogP contribution in [0, 0.1) is 5.92 Å². The molecule has 1 rings (SSSR count). The third-order valence-electron chi connectivity index (χ3n) is 1.54. The van der Waals surface area contributed by atoms with E-state index in [0.717, 1.165) is 12.5 Å². The zero-order valence-electron chi connectivity index (χ0n) is 6.28. The summed E-state index contributed by atoms with van der Waals surface area (Å²) in [6, 6.07) is 0. The molecule has 0 aromatic carbocycles. The first kappa shape index (κ1) is 6.81. The van der Waals surface area contributed by atoms with Gasteiger partial charge >= 0.3 is 0 Å². The Bertz CT molecular complexity index is 106. The molecule has 0 aliphatic carbocycles. The van der Waals surface area contributed by atoms with E-state index in [2.05, 4.69) is 25.2 Å². The van der Waals surface area contributed by atoms with E-state index in [1.54, 1.807) is 5.57 Å². The van der Waals surface area contributed by atoms with Gasteiger partial charge in [-0.2, -0.15) is 0 Å². The lowest BCUT2D eigenvalue weighted by molar-refractivity contribution is 0.816. The van der Waals surface area contributed by atoms with E-state index < -0.39 is 0 Å². The highest BCUT2D eigenvalue weighted by molar-refractivity contribution is 5.09. The first-order valence-electron chi connectivity index (χ1n) is 3.69. The molecule has 0 unspecified atom stereocenters. The molecule has 1 fully saturated rings. The Hall–Kier alpha value is -0.300. The monoisotopic (exact) mass is 125 g/mol. The average Bonchev–Trinajstić information content (AvgIpc) is 2.15. The summed E-state index contributed by atoms with van der Waals surface area (Å²) in [6.07, 6.45) is 3.62. The molecule has 0 radical (unpaired) electrons. The highest BCUT2D eigenvalue weighted by Crippen LogP contribution is 2.08. The van der Waals surface area contributed by atoms with Crippen molar-refractivity contribution in [1.29, 1.82) is 0 Å². The first-order valence-corrected chi connectivity index (χ1v) is 3.69. The van der Waals surface area contributed by atoms with Crippen molar-refractivity contribution in [3.8, 4) is 0 Å². The smallest absolute Gasteiger partial charge is 0.0165 e. The quantitative estimate of drug-likeness (QED) is 0.524. The van der Waals surface area contributed by atoms with Crippen molar-refractivity contribution in [2.75, 3.05) is 13.1 Å². The Morgan fingerprint density at radius 1 is 1.56 bits per heavy atom. The second-order valence-corrected chi connectivity index (χ2v) is 3.00. The molecule has 1 heterocycles. The van der Waals surface area contributed by atoms with E-state index >= 15 is 0 Å². The van der Waals surface area contributed by atoms with Crippen molar-refractivity contribution in [3.05, 3.63) is 11.6 Å². The molecule has 52 valence electrons. The lowest BCUT2D eigenvalue weighted by Crippen LogP contribution is -2.04. The minimum absolute atomic E-state index is 0.722. The SMILES string of the molecule is CC(C)C=C1CCNC1. The maximum Gasteiger partial charge on any atom is 0.0165 e. The topological polar surface area (TPSA) is 12.0 Å². The summed E-state index contributed by atoms with van der Waals surface area (Å²) >= 11 is 0. The van der Waals surface area contributed by atoms with Crippen molar-refractivity contribution in [3.63, 3.8) is 0 Å². The predicted molar refractivity (Wildman–Crippen MR) is 40.4 cm³/mol. The zero-order chi connectivity index (χ0) is 6.69. The second-order valence-electron chi connectivity index (χ2n) is 3.00. The molecule has 0 atom stereocenters. The number of hydrogen-bond acceptors (Lipinski definition) is 1. The molecule has 0 aromatic heterocycles. The molecule has 0 spiro atoms. The van der Waals surface area contributed by atoms with Gasteiger partial charge in [-0.25, -0.2) is 0 Å². The fraction of sp³-hybridized carbons (Fsp3) is 0.750. The second kappa shape index (κ2) is 3.02. The number of nitrogens with one attached hydrogen (secondary N) is 1. The largest absolute Gasteiger partial charge is 0.313 e. The average molecular weight is 125 g/mol. The van der Waals surface area contributed by atoms with Crippen molar-refractivity contribution in [1.82, 2.24) is 5.32 Å². The van der Waals surface area contributed by atoms with Crippen LogP contribution in [0.25, 0.3) is 0 Å². The maximum atomic E-state index is 3.31. The van der Waals surface area contributed by atoms with E-state index in [0.29, 0.717) is 0 Å². The summed E-state index contributed by atoms with van der Waals surface area (Å²) in [4.78, 5) is 0. The highest BCUT2D eigenvalue weighted by Gasteiger charge is 2.04. The lowest BCUT2D eigenvalue weighted by atomic mass is 10.1. The summed E-state index contributed by atoms with van der Waals surface area (Å²) in [7, 11) is 0. The van der Waals surface area contributed by atoms with Crippen LogP contribution in [-0.2, 0) is 0 Å². The molecule has 1 nitrogen and oxygen atoms in total. The molecule has 9 heavy (non-hydrogen) atoms. The predicted octanol–water partition coefficient (Wildman–Crippen LogP) is 1.56. The van der Waals surface area contributed by atoms with Crippen LogP contribution in [0.15, 0.2) is 11.6 Å². The third kappa shape index (κ3) is 2.19. The van der Waals surface area contributed by atoms with Gasteiger partial charge in [0.05, 0.1) is 0 Å². The number of allylic oxidation sites excluding steroid dienone is 1. The van der Waals surface area contributed by atoms with Crippen molar-refractivity contribution >= 4 is 0 Å². The van der Waals surface area contributed by atoms with Crippen LogP contribution in [0.3, 0.4) is 0 Å². The number of hydrogen-bond donors (Lipinski definition) is 1. The Morgan fingerprint density at radius 2 is 2.33 bits per heavy atom. The minimum atomic E-state index is 0.722. The normalized spacial score (nSPS) is 24.1. The van der Waals surface area contributed by atoms with E-state index in [-0.39, 0.29) is 0 Å². The molecule has 1 aliphatic heterocycles. The first-order chi connectivity index (χ1) is 4.29. The van der Waals surface area contributed by atoms with Crippen LogP contribution in [0.5, 0.6) is 0 Å². The minimum Gasteiger partial charge on any atom is -0.313 e. The van der Waals surface area contributed by atoms with E-state index in [4.69, 9.17) is 0 Å². The zero-order valence-corrected chi connectivity index (χ0v) is 6.28. The molecule has 0 bridgehead atoms. The van der Waals surface area contributed by atoms with Gasteiger partial charge in [0.15, 0.2) is 0 Å². The van der Waals surface area contributed by atoms with Crippen molar-refractivity contribution in [2.24, 2.45) is 5.92 Å². The summed E-state index contributed by atoms with van der Waals surface area (Å²) in [5, 5.41) is 3.31. The molecule has 0 amide bonds. The molecular weight excluding hydrogens is 110 g/mol. The van der Waals surface area contributed by atoms with Crippen LogP contribution in [0.1, 0.15) is 20.3 Å². The van der Waals surface area contributed by atoms with Crippen molar-refractivity contribution < 1.29 is 0 Å². The maximum absolute atomic E-state index is 3.31. The van der Waals surface area contributed by atoms with Gasteiger partial charge in [-0.15, -0.1) is 0 Å². The standard InChI is InChI=1S/C8H15N/c1-7(2)5-8-3-4-9-6-8/h5,7,9H,3-4,6H2,1-2H3. The van der Waals surface area contributed by atoms with Crippen molar-refractivity contribution in [2.45, 2.75) is 20.3 Å². The summed E-state index contributed by atoms with van der Waals surface area (Å²) in [5.74, 6) is 0.722. The van der Waals surface area contributed by atoms with Gasteiger partial charge in [-0.05, 0) is 18.9 Å². The Balaban J connectivity index is 2.39. The molecular formula is C8H15N. The Kier molecular flexibility index (Phi) is 2.29. The van der Waals surface area contributed by atoms with Gasteiger partial charge in [-0.3, -0.25) is 0 Å². The van der Waals surface area contributed by atoms with E-state index in [1.807, 2.05) is 0 Å². The van der Waals surface area contributed by atoms with Crippen LogP contribution in [0.2, 0.25) is 0 Å².